The quantitative estimate of drug-likeness (QED) is 0.627. The first-order chi connectivity index (χ1) is 13.0. The maximum atomic E-state index is 13.0. The van der Waals surface area contributed by atoms with Crippen molar-refractivity contribution in [3.05, 3.63) is 60.4 Å². The van der Waals surface area contributed by atoms with Gasteiger partial charge >= 0.3 is 0 Å². The van der Waals surface area contributed by atoms with Crippen LogP contribution in [-0.2, 0) is 11.3 Å². The van der Waals surface area contributed by atoms with E-state index >= 15 is 0 Å². The molecule has 0 saturated carbocycles. The fourth-order valence-electron chi connectivity index (χ4n) is 3.30. The van der Waals surface area contributed by atoms with Crippen LogP contribution in [0.5, 0.6) is 5.75 Å². The van der Waals surface area contributed by atoms with Crippen molar-refractivity contribution in [3.63, 3.8) is 0 Å². The number of benzene rings is 2. The van der Waals surface area contributed by atoms with Crippen molar-refractivity contribution >= 4 is 16.9 Å². The Balaban J connectivity index is 1.68. The van der Waals surface area contributed by atoms with Gasteiger partial charge < -0.3 is 14.2 Å². The number of aromatic nitrogens is 2. The van der Waals surface area contributed by atoms with E-state index < -0.39 is 0 Å². The molecule has 0 bridgehead atoms. The molecule has 1 heterocycles. The third-order valence-corrected chi connectivity index (χ3v) is 5.02. The Morgan fingerprint density at radius 2 is 1.85 bits per heavy atom. The van der Waals surface area contributed by atoms with Crippen LogP contribution in [0, 0.1) is 5.92 Å². The first-order valence-corrected chi connectivity index (χ1v) is 9.40. The fourth-order valence-corrected chi connectivity index (χ4v) is 3.30. The largest absolute Gasteiger partial charge is 0.494 e. The molecule has 1 amide bonds. The highest BCUT2D eigenvalue weighted by Gasteiger charge is 2.23. The van der Waals surface area contributed by atoms with E-state index in [2.05, 4.69) is 4.98 Å². The molecule has 3 rings (SSSR count). The van der Waals surface area contributed by atoms with Gasteiger partial charge in [-0.1, -0.05) is 31.2 Å². The molecule has 0 fully saturated rings. The van der Waals surface area contributed by atoms with E-state index in [1.807, 2.05) is 92.1 Å². The highest BCUT2D eigenvalue weighted by Crippen LogP contribution is 2.24. The minimum absolute atomic E-state index is 0.00448. The van der Waals surface area contributed by atoms with Crippen molar-refractivity contribution in [2.45, 2.75) is 33.4 Å². The molecule has 0 radical (unpaired) electrons. The second kappa shape index (κ2) is 8.25. The second-order valence-corrected chi connectivity index (χ2v) is 6.91. The predicted octanol–water partition coefficient (Wildman–Crippen LogP) is 4.29. The number of fused-ring (bicyclic) bond motifs is 1. The lowest BCUT2D eigenvalue weighted by Gasteiger charge is -2.28. The summed E-state index contributed by atoms with van der Waals surface area (Å²) < 4.78 is 7.54. The third kappa shape index (κ3) is 4.13. The van der Waals surface area contributed by atoms with Gasteiger partial charge in [-0.2, -0.15) is 0 Å². The zero-order chi connectivity index (χ0) is 19.4. The smallest absolute Gasteiger partial charge is 0.227 e. The lowest BCUT2D eigenvalue weighted by Crippen LogP contribution is -2.35. The maximum Gasteiger partial charge on any atom is 0.227 e. The highest BCUT2D eigenvalue weighted by atomic mass is 16.5. The van der Waals surface area contributed by atoms with Crippen molar-refractivity contribution < 1.29 is 9.53 Å². The Bertz CT molecular complexity index is 901. The van der Waals surface area contributed by atoms with E-state index in [0.29, 0.717) is 13.2 Å². The van der Waals surface area contributed by atoms with Gasteiger partial charge in [0.25, 0.3) is 0 Å². The number of amides is 1. The van der Waals surface area contributed by atoms with Gasteiger partial charge in [-0.3, -0.25) is 4.79 Å². The van der Waals surface area contributed by atoms with E-state index in [-0.39, 0.29) is 17.9 Å². The summed E-state index contributed by atoms with van der Waals surface area (Å²) in [6.07, 6.45) is 1.81. The van der Waals surface area contributed by atoms with E-state index in [4.69, 9.17) is 4.74 Å². The summed E-state index contributed by atoms with van der Waals surface area (Å²) in [6, 6.07) is 15.9. The van der Waals surface area contributed by atoms with Crippen LogP contribution in [0.2, 0.25) is 0 Å². The Hall–Kier alpha value is -2.82. The number of carbonyl (C=O) groups is 1. The monoisotopic (exact) mass is 365 g/mol. The SMILES string of the molecule is CCOc1ccc([C@@H](C)N(C)C(=O)[C@H](C)Cn2cnc3ccccc32)cc1. The minimum Gasteiger partial charge on any atom is -0.494 e. The molecule has 2 atom stereocenters. The van der Waals surface area contributed by atoms with E-state index in [9.17, 15) is 4.79 Å². The average Bonchev–Trinajstić information content (AvgIpc) is 3.10. The van der Waals surface area contributed by atoms with Crippen molar-refractivity contribution in [1.82, 2.24) is 14.5 Å². The molecule has 0 aliphatic rings. The molecule has 5 heteroatoms. The summed E-state index contributed by atoms with van der Waals surface area (Å²) >= 11 is 0. The topological polar surface area (TPSA) is 47.4 Å². The van der Waals surface area contributed by atoms with Crippen LogP contribution in [0.4, 0.5) is 0 Å². The number of carbonyl (C=O) groups excluding carboxylic acids is 1. The molecule has 0 spiro atoms. The number of para-hydroxylation sites is 2. The molecule has 27 heavy (non-hydrogen) atoms. The van der Waals surface area contributed by atoms with Gasteiger partial charge in [0.1, 0.15) is 5.75 Å². The van der Waals surface area contributed by atoms with Gasteiger partial charge in [-0.25, -0.2) is 4.98 Å². The number of hydrogen-bond donors (Lipinski definition) is 0. The van der Waals surface area contributed by atoms with Crippen LogP contribution in [-0.4, -0.2) is 34.0 Å². The predicted molar refractivity (Wildman–Crippen MR) is 108 cm³/mol. The molecule has 2 aromatic carbocycles. The number of nitrogens with zero attached hydrogens (tertiary/aromatic N) is 3. The number of hydrogen-bond acceptors (Lipinski definition) is 3. The molecular formula is C22H27N3O2. The Morgan fingerprint density at radius 3 is 2.56 bits per heavy atom. The highest BCUT2D eigenvalue weighted by molar-refractivity contribution is 5.79. The third-order valence-electron chi connectivity index (χ3n) is 5.02. The van der Waals surface area contributed by atoms with Gasteiger partial charge in [0.15, 0.2) is 0 Å². The van der Waals surface area contributed by atoms with Crippen LogP contribution in [0.1, 0.15) is 32.4 Å². The lowest BCUT2D eigenvalue weighted by atomic mass is 10.0. The molecular weight excluding hydrogens is 338 g/mol. The summed E-state index contributed by atoms with van der Waals surface area (Å²) in [5.74, 6) is 0.828. The van der Waals surface area contributed by atoms with Crippen molar-refractivity contribution in [2.24, 2.45) is 5.92 Å². The summed E-state index contributed by atoms with van der Waals surface area (Å²) in [6.45, 7) is 7.24. The van der Waals surface area contributed by atoms with Gasteiger partial charge in [0.2, 0.25) is 5.91 Å². The molecule has 0 N–H and O–H groups in total. The molecule has 142 valence electrons. The van der Waals surface area contributed by atoms with Crippen LogP contribution < -0.4 is 4.74 Å². The average molecular weight is 365 g/mol. The Labute approximate surface area is 160 Å². The number of ether oxygens (including phenoxy) is 1. The molecule has 0 aliphatic carbocycles. The van der Waals surface area contributed by atoms with E-state index in [1.54, 1.807) is 0 Å². The van der Waals surface area contributed by atoms with Crippen LogP contribution >= 0.6 is 0 Å². The minimum atomic E-state index is -0.141. The van der Waals surface area contributed by atoms with Gasteiger partial charge in [0.05, 0.1) is 35.9 Å². The fraction of sp³-hybridized carbons (Fsp3) is 0.364. The molecule has 0 aliphatic heterocycles. The summed E-state index contributed by atoms with van der Waals surface area (Å²) in [4.78, 5) is 19.2. The molecule has 0 saturated heterocycles. The van der Waals surface area contributed by atoms with Gasteiger partial charge in [-0.15, -0.1) is 0 Å². The van der Waals surface area contributed by atoms with Crippen molar-refractivity contribution in [2.75, 3.05) is 13.7 Å². The molecule has 3 aromatic rings. The van der Waals surface area contributed by atoms with E-state index in [1.165, 1.54) is 0 Å². The summed E-state index contributed by atoms with van der Waals surface area (Å²) in [5, 5.41) is 0. The lowest BCUT2D eigenvalue weighted by molar-refractivity contribution is -0.136. The summed E-state index contributed by atoms with van der Waals surface area (Å²) in [7, 11) is 1.87. The standard InChI is InChI=1S/C22H27N3O2/c1-5-27-19-12-10-18(11-13-19)17(3)24(4)22(26)16(2)14-25-15-23-20-8-6-7-9-21(20)25/h6-13,15-17H,5,14H2,1-4H3/t16-,17-/m1/s1. The molecule has 5 nitrogen and oxygen atoms in total. The van der Waals surface area contributed by atoms with Crippen molar-refractivity contribution in [3.8, 4) is 5.75 Å². The van der Waals surface area contributed by atoms with Crippen LogP contribution in [0.25, 0.3) is 11.0 Å². The first kappa shape index (κ1) is 19.0. The number of rotatable bonds is 7. The van der Waals surface area contributed by atoms with Crippen molar-refractivity contribution in [1.29, 1.82) is 0 Å². The Kier molecular flexibility index (Phi) is 5.79. The van der Waals surface area contributed by atoms with Crippen LogP contribution in [0.15, 0.2) is 54.9 Å². The van der Waals surface area contributed by atoms with Gasteiger partial charge in [0, 0.05) is 13.6 Å². The first-order valence-electron chi connectivity index (χ1n) is 9.40. The normalized spacial score (nSPS) is 13.3. The number of imidazole rings is 1. The molecule has 0 unspecified atom stereocenters. The zero-order valence-corrected chi connectivity index (χ0v) is 16.4. The zero-order valence-electron chi connectivity index (χ0n) is 16.4. The molecule has 1 aromatic heterocycles. The second-order valence-electron chi connectivity index (χ2n) is 6.91. The maximum absolute atomic E-state index is 13.0. The summed E-state index contributed by atoms with van der Waals surface area (Å²) in [5.41, 5.74) is 3.10. The Morgan fingerprint density at radius 1 is 1.15 bits per heavy atom. The van der Waals surface area contributed by atoms with Gasteiger partial charge in [-0.05, 0) is 43.7 Å². The van der Waals surface area contributed by atoms with E-state index in [0.717, 1.165) is 22.3 Å². The van der Waals surface area contributed by atoms with Crippen LogP contribution in [0.3, 0.4) is 0 Å².